The molecule has 2 amide bonds. The quantitative estimate of drug-likeness (QED) is 0.366. The molecule has 198 valence electrons. The molecule has 9 heteroatoms. The number of benzene rings is 3. The molecule has 3 aromatic carbocycles. The third kappa shape index (κ3) is 6.62. The Kier molecular flexibility index (Phi) is 8.59. The van der Waals surface area contributed by atoms with Gasteiger partial charge in [-0.15, -0.1) is 0 Å². The molecule has 3 aromatic rings. The summed E-state index contributed by atoms with van der Waals surface area (Å²) in [5, 5.41) is 17.5. The third-order valence-corrected chi connectivity index (χ3v) is 5.69. The van der Waals surface area contributed by atoms with E-state index in [0.29, 0.717) is 58.5 Å². The maximum atomic E-state index is 13.1. The minimum atomic E-state index is -0.320. The number of carbonyl (C=O) groups excluding carboxylic acids is 2. The van der Waals surface area contributed by atoms with Gasteiger partial charge in [-0.3, -0.25) is 9.59 Å². The fourth-order valence-electron chi connectivity index (χ4n) is 3.85. The summed E-state index contributed by atoms with van der Waals surface area (Å²) < 4.78 is 16.9. The van der Waals surface area contributed by atoms with Gasteiger partial charge < -0.3 is 19.5 Å². The van der Waals surface area contributed by atoms with Crippen LogP contribution in [0, 0.1) is 11.3 Å². The summed E-state index contributed by atoms with van der Waals surface area (Å²) in [5.74, 6) is 0.985. The van der Waals surface area contributed by atoms with Crippen molar-refractivity contribution >= 4 is 35.0 Å². The second kappa shape index (κ2) is 12.4. The van der Waals surface area contributed by atoms with Gasteiger partial charge in [0.1, 0.15) is 5.75 Å². The highest BCUT2D eigenvalue weighted by Gasteiger charge is 2.28. The van der Waals surface area contributed by atoms with Crippen LogP contribution in [-0.2, 0) is 9.59 Å². The van der Waals surface area contributed by atoms with E-state index in [9.17, 15) is 9.59 Å². The predicted molar refractivity (Wildman–Crippen MR) is 149 cm³/mol. The van der Waals surface area contributed by atoms with Gasteiger partial charge >= 0.3 is 0 Å². The summed E-state index contributed by atoms with van der Waals surface area (Å²) in [7, 11) is 0. The number of hydrogen-bond donors (Lipinski definition) is 1. The molecule has 0 spiro atoms. The fourth-order valence-corrected chi connectivity index (χ4v) is 3.85. The average molecular weight is 525 g/mol. The van der Waals surface area contributed by atoms with Crippen LogP contribution in [0.4, 0.5) is 11.4 Å². The third-order valence-electron chi connectivity index (χ3n) is 5.69. The van der Waals surface area contributed by atoms with Crippen LogP contribution in [0.3, 0.4) is 0 Å². The fraction of sp³-hybridized carbons (Fsp3) is 0.200. The van der Waals surface area contributed by atoms with Crippen molar-refractivity contribution in [2.75, 3.05) is 30.1 Å². The normalized spacial score (nSPS) is 13.6. The zero-order chi connectivity index (χ0) is 27.8. The number of nitrogens with one attached hydrogen (secondary N) is 1. The van der Waals surface area contributed by atoms with Crippen molar-refractivity contribution in [1.29, 1.82) is 5.26 Å². The van der Waals surface area contributed by atoms with Crippen molar-refractivity contribution in [3.63, 3.8) is 0 Å². The number of ether oxygens (including phenoxy) is 3. The smallest absolute Gasteiger partial charge is 0.280 e. The summed E-state index contributed by atoms with van der Waals surface area (Å²) in [4.78, 5) is 25.5. The van der Waals surface area contributed by atoms with Gasteiger partial charge in [0.2, 0.25) is 0 Å². The molecule has 0 aliphatic carbocycles. The van der Waals surface area contributed by atoms with E-state index in [-0.39, 0.29) is 18.4 Å². The first-order valence-corrected chi connectivity index (χ1v) is 12.5. The minimum absolute atomic E-state index is 0.211. The van der Waals surface area contributed by atoms with E-state index in [1.807, 2.05) is 13.8 Å². The summed E-state index contributed by atoms with van der Waals surface area (Å²) in [6, 6.07) is 21.0. The molecule has 0 unspecified atom stereocenters. The van der Waals surface area contributed by atoms with Crippen LogP contribution in [-0.4, -0.2) is 37.3 Å². The predicted octanol–water partition coefficient (Wildman–Crippen LogP) is 5.18. The van der Waals surface area contributed by atoms with Crippen molar-refractivity contribution in [1.82, 2.24) is 0 Å². The van der Waals surface area contributed by atoms with Crippen LogP contribution >= 0.6 is 0 Å². The van der Waals surface area contributed by atoms with Crippen LogP contribution in [0.1, 0.15) is 31.9 Å². The number of hydrogen-bond acceptors (Lipinski definition) is 7. The van der Waals surface area contributed by atoms with Crippen LogP contribution in [0.15, 0.2) is 77.4 Å². The van der Waals surface area contributed by atoms with E-state index >= 15 is 0 Å². The van der Waals surface area contributed by atoms with Crippen molar-refractivity contribution in [3.05, 3.63) is 83.4 Å². The molecule has 0 aromatic heterocycles. The molecule has 0 atom stereocenters. The molecule has 1 N–H and O–H groups in total. The number of anilines is 2. The van der Waals surface area contributed by atoms with Crippen molar-refractivity contribution < 1.29 is 23.8 Å². The van der Waals surface area contributed by atoms with E-state index in [4.69, 9.17) is 19.5 Å². The summed E-state index contributed by atoms with van der Waals surface area (Å²) >= 11 is 0. The second-order valence-corrected chi connectivity index (χ2v) is 8.45. The largest absolute Gasteiger partial charge is 0.494 e. The maximum absolute atomic E-state index is 13.1. The number of nitriles is 1. The number of nitrogens with zero attached hydrogens (tertiary/aromatic N) is 3. The SMILES string of the molecule is CCOc1ccc(NC(=O)COc2ccc(/C=C3/C(=O)N(c4ccc(C#N)cc4)N=C3C)cc2OCC)cc1. The highest BCUT2D eigenvalue weighted by Crippen LogP contribution is 2.31. The first kappa shape index (κ1) is 26.9. The number of carbonyl (C=O) groups is 2. The van der Waals surface area contributed by atoms with Crippen molar-refractivity contribution in [2.24, 2.45) is 5.10 Å². The molecule has 0 radical (unpaired) electrons. The van der Waals surface area contributed by atoms with Gasteiger partial charge in [0.15, 0.2) is 18.1 Å². The Hall–Kier alpha value is -5.10. The van der Waals surface area contributed by atoms with Crippen LogP contribution in [0.5, 0.6) is 17.2 Å². The Bertz CT molecular complexity index is 1450. The van der Waals surface area contributed by atoms with Gasteiger partial charge in [0, 0.05) is 5.69 Å². The van der Waals surface area contributed by atoms with Crippen LogP contribution < -0.4 is 24.5 Å². The molecule has 1 aliphatic heterocycles. The van der Waals surface area contributed by atoms with Gasteiger partial charge in [0.25, 0.3) is 11.8 Å². The molecule has 0 bridgehead atoms. The van der Waals surface area contributed by atoms with E-state index in [2.05, 4.69) is 16.5 Å². The molecule has 0 saturated heterocycles. The maximum Gasteiger partial charge on any atom is 0.280 e. The average Bonchev–Trinajstić information content (AvgIpc) is 3.22. The molecule has 4 rings (SSSR count). The first-order valence-electron chi connectivity index (χ1n) is 12.5. The van der Waals surface area contributed by atoms with E-state index in [0.717, 1.165) is 5.75 Å². The summed E-state index contributed by atoms with van der Waals surface area (Å²) in [5.41, 5.74) is 3.42. The number of hydrazone groups is 1. The van der Waals surface area contributed by atoms with Crippen molar-refractivity contribution in [2.45, 2.75) is 20.8 Å². The molecule has 39 heavy (non-hydrogen) atoms. The van der Waals surface area contributed by atoms with E-state index < -0.39 is 0 Å². The van der Waals surface area contributed by atoms with Gasteiger partial charge in [-0.1, -0.05) is 6.07 Å². The monoisotopic (exact) mass is 524 g/mol. The molecular weight excluding hydrogens is 496 g/mol. The second-order valence-electron chi connectivity index (χ2n) is 8.45. The molecular formula is C30H28N4O5. The zero-order valence-electron chi connectivity index (χ0n) is 21.9. The number of rotatable bonds is 10. The Labute approximate surface area is 226 Å². The van der Waals surface area contributed by atoms with Gasteiger partial charge in [-0.05, 0) is 93.1 Å². The molecule has 0 fully saturated rings. The molecule has 1 heterocycles. The lowest BCUT2D eigenvalue weighted by atomic mass is 10.1. The first-order chi connectivity index (χ1) is 18.9. The van der Waals surface area contributed by atoms with Crippen molar-refractivity contribution in [3.8, 4) is 23.3 Å². The van der Waals surface area contributed by atoms with E-state index in [1.54, 1.807) is 79.7 Å². The van der Waals surface area contributed by atoms with Crippen LogP contribution in [0.2, 0.25) is 0 Å². The Morgan fingerprint density at radius 1 is 0.974 bits per heavy atom. The standard InChI is InChI=1S/C30H28N4O5/c1-4-37-25-13-9-23(10-14-25)32-29(35)19-39-27-15-8-22(17-28(27)38-5-2)16-26-20(3)33-34(30(26)36)24-11-6-21(18-31)7-12-24/h6-17H,4-5,19H2,1-3H3,(H,32,35)/b26-16+. The molecule has 1 aliphatic rings. The topological polar surface area (TPSA) is 113 Å². The zero-order valence-corrected chi connectivity index (χ0v) is 21.9. The summed E-state index contributed by atoms with van der Waals surface area (Å²) in [6.45, 7) is 6.26. The van der Waals surface area contributed by atoms with Gasteiger partial charge in [-0.25, -0.2) is 0 Å². The lowest BCUT2D eigenvalue weighted by Crippen LogP contribution is -2.21. The Balaban J connectivity index is 1.44. The number of amides is 2. The summed E-state index contributed by atoms with van der Waals surface area (Å²) in [6.07, 6.45) is 1.73. The highest BCUT2D eigenvalue weighted by molar-refractivity contribution is 6.32. The lowest BCUT2D eigenvalue weighted by molar-refractivity contribution is -0.118. The highest BCUT2D eigenvalue weighted by atomic mass is 16.5. The minimum Gasteiger partial charge on any atom is -0.494 e. The van der Waals surface area contributed by atoms with Crippen LogP contribution in [0.25, 0.3) is 6.08 Å². The van der Waals surface area contributed by atoms with Gasteiger partial charge in [0.05, 0.1) is 41.8 Å². The Morgan fingerprint density at radius 2 is 1.69 bits per heavy atom. The van der Waals surface area contributed by atoms with Gasteiger partial charge in [-0.2, -0.15) is 15.4 Å². The van der Waals surface area contributed by atoms with E-state index in [1.165, 1.54) is 5.01 Å². The Morgan fingerprint density at radius 3 is 2.36 bits per heavy atom. The lowest BCUT2D eigenvalue weighted by Gasteiger charge is -2.13. The molecule has 0 saturated carbocycles. The molecule has 9 nitrogen and oxygen atoms in total.